The average Bonchev–Trinajstić information content (AvgIpc) is 2.62. The molecule has 0 bridgehead atoms. The summed E-state index contributed by atoms with van der Waals surface area (Å²) in [6.45, 7) is 9.63. The van der Waals surface area contributed by atoms with Gasteiger partial charge in [0.25, 0.3) is 0 Å². The van der Waals surface area contributed by atoms with Crippen LogP contribution in [0.3, 0.4) is 0 Å². The smallest absolute Gasteiger partial charge is 0.410 e. The lowest BCUT2D eigenvalue weighted by Crippen LogP contribution is -2.44. The number of aldehydes is 1. The molecule has 0 N–H and O–H groups in total. The Bertz CT molecular complexity index is 540. The number of benzene rings is 1. The van der Waals surface area contributed by atoms with Gasteiger partial charge in [-0.3, -0.25) is 4.79 Å². The molecule has 1 aromatic rings. The van der Waals surface area contributed by atoms with Crippen LogP contribution in [0.2, 0.25) is 0 Å². The molecule has 1 amide bonds. The molecule has 0 aliphatic carbocycles. The van der Waals surface area contributed by atoms with Crippen molar-refractivity contribution in [1.29, 1.82) is 0 Å². The zero-order valence-electron chi connectivity index (χ0n) is 16.5. The van der Waals surface area contributed by atoms with Gasteiger partial charge in [0, 0.05) is 45.2 Å². The minimum Gasteiger partial charge on any atom is -0.490 e. The van der Waals surface area contributed by atoms with E-state index in [1.807, 2.05) is 27.7 Å². The van der Waals surface area contributed by atoms with E-state index in [4.69, 9.17) is 9.47 Å². The van der Waals surface area contributed by atoms with Crippen LogP contribution in [0, 0.1) is 0 Å². The molecular formula is C20H31NO5. The quantitative estimate of drug-likeness (QED) is 0.757. The summed E-state index contributed by atoms with van der Waals surface area (Å²) in [6, 6.07) is 7.06. The van der Waals surface area contributed by atoms with Gasteiger partial charge in [0.05, 0.1) is 0 Å². The summed E-state index contributed by atoms with van der Waals surface area (Å²) in [4.78, 5) is 24.3. The Morgan fingerprint density at radius 2 is 1.73 bits per heavy atom. The molecule has 0 radical (unpaired) electrons. The molecule has 0 saturated carbocycles. The van der Waals surface area contributed by atoms with Crippen LogP contribution >= 0.6 is 0 Å². The van der Waals surface area contributed by atoms with Gasteiger partial charge in [-0.25, -0.2) is 4.79 Å². The normalized spacial score (nSPS) is 14.9. The first kappa shape index (κ1) is 22.0. The van der Waals surface area contributed by atoms with Crippen LogP contribution in [-0.2, 0) is 9.47 Å². The molecule has 0 aromatic heterocycles. The third-order valence-electron chi connectivity index (χ3n) is 3.70. The van der Waals surface area contributed by atoms with E-state index in [0.29, 0.717) is 18.7 Å². The van der Waals surface area contributed by atoms with Crippen molar-refractivity contribution in [1.82, 2.24) is 4.90 Å². The van der Waals surface area contributed by atoms with E-state index in [2.05, 4.69) is 4.74 Å². The molecule has 26 heavy (non-hydrogen) atoms. The van der Waals surface area contributed by atoms with Gasteiger partial charge in [-0.15, -0.1) is 0 Å². The van der Waals surface area contributed by atoms with Crippen LogP contribution in [0.1, 0.15) is 50.9 Å². The molecule has 146 valence electrons. The van der Waals surface area contributed by atoms with Crippen LogP contribution < -0.4 is 4.74 Å². The van der Waals surface area contributed by atoms with Crippen LogP contribution in [0.15, 0.2) is 24.3 Å². The topological polar surface area (TPSA) is 65.1 Å². The number of hydrogen-bond acceptors (Lipinski definition) is 5. The molecule has 1 saturated heterocycles. The Morgan fingerprint density at radius 1 is 1.19 bits per heavy atom. The van der Waals surface area contributed by atoms with Gasteiger partial charge in [0.15, 0.2) is 0 Å². The van der Waals surface area contributed by atoms with Gasteiger partial charge in [-0.2, -0.15) is 0 Å². The van der Waals surface area contributed by atoms with Gasteiger partial charge in [0.2, 0.25) is 0 Å². The summed E-state index contributed by atoms with van der Waals surface area (Å²) in [5.74, 6) is 0.751. The highest BCUT2D eigenvalue weighted by Crippen LogP contribution is 2.20. The Balaban J connectivity index is 0.000000765. The van der Waals surface area contributed by atoms with Crippen molar-refractivity contribution in [3.05, 3.63) is 29.8 Å². The van der Waals surface area contributed by atoms with E-state index in [1.54, 1.807) is 36.3 Å². The lowest BCUT2D eigenvalue weighted by Gasteiger charge is -2.33. The van der Waals surface area contributed by atoms with E-state index in [0.717, 1.165) is 31.5 Å². The molecular weight excluding hydrogens is 334 g/mol. The molecule has 6 heteroatoms. The van der Waals surface area contributed by atoms with E-state index in [-0.39, 0.29) is 12.2 Å². The fourth-order valence-corrected chi connectivity index (χ4v) is 2.30. The van der Waals surface area contributed by atoms with E-state index in [9.17, 15) is 9.59 Å². The Hall–Kier alpha value is -2.08. The van der Waals surface area contributed by atoms with Crippen molar-refractivity contribution < 1.29 is 23.8 Å². The lowest BCUT2D eigenvalue weighted by atomic mass is 10.1. The summed E-state index contributed by atoms with van der Waals surface area (Å²) in [6.07, 6.45) is 2.17. The van der Waals surface area contributed by atoms with Crippen LogP contribution in [-0.4, -0.2) is 55.8 Å². The predicted octanol–water partition coefficient (Wildman–Crippen LogP) is 3.93. The second-order valence-corrected chi connectivity index (χ2v) is 7.05. The highest BCUT2D eigenvalue weighted by Gasteiger charge is 2.27. The summed E-state index contributed by atoms with van der Waals surface area (Å²) in [7, 11) is 1.68. The standard InChI is InChI=1S/C17H23NO4.C3H8O/c1-17(2,3)22-16(20)18-10-8-15(9-11-18)21-14-6-4-13(12-19)5-7-14;1-3-4-2/h4-7,12,15H,8-11H2,1-3H3;3H2,1-2H3. The minimum atomic E-state index is -0.468. The average molecular weight is 365 g/mol. The molecule has 0 spiro atoms. The van der Waals surface area contributed by atoms with Crippen molar-refractivity contribution in [2.75, 3.05) is 26.8 Å². The molecule has 2 rings (SSSR count). The van der Waals surface area contributed by atoms with Crippen LogP contribution in [0.25, 0.3) is 0 Å². The number of methoxy groups -OCH3 is 1. The number of carbonyl (C=O) groups excluding carboxylic acids is 2. The molecule has 1 aliphatic rings. The molecule has 0 atom stereocenters. The SMILES string of the molecule is CC(C)(C)OC(=O)N1CCC(Oc2ccc(C=O)cc2)CC1.CCOC. The van der Waals surface area contributed by atoms with Crippen LogP contribution in [0.4, 0.5) is 4.79 Å². The van der Waals surface area contributed by atoms with Gasteiger partial charge >= 0.3 is 6.09 Å². The first-order valence-electron chi connectivity index (χ1n) is 8.97. The fraction of sp³-hybridized carbons (Fsp3) is 0.600. The molecule has 6 nitrogen and oxygen atoms in total. The van der Waals surface area contributed by atoms with Gasteiger partial charge in [0.1, 0.15) is 23.7 Å². The van der Waals surface area contributed by atoms with Gasteiger partial charge < -0.3 is 19.1 Å². The maximum absolute atomic E-state index is 12.0. The van der Waals surface area contributed by atoms with E-state index < -0.39 is 5.60 Å². The third kappa shape index (κ3) is 8.34. The largest absolute Gasteiger partial charge is 0.490 e. The first-order valence-corrected chi connectivity index (χ1v) is 8.97. The predicted molar refractivity (Wildman–Crippen MR) is 101 cm³/mol. The van der Waals surface area contributed by atoms with Crippen molar-refractivity contribution in [2.24, 2.45) is 0 Å². The number of amides is 1. The maximum Gasteiger partial charge on any atom is 0.410 e. The van der Waals surface area contributed by atoms with Crippen molar-refractivity contribution in [2.45, 2.75) is 52.2 Å². The van der Waals surface area contributed by atoms with Crippen LogP contribution in [0.5, 0.6) is 5.75 Å². The van der Waals surface area contributed by atoms with Gasteiger partial charge in [-0.05, 0) is 52.0 Å². The zero-order chi connectivity index (χ0) is 19.6. The molecule has 1 aliphatic heterocycles. The van der Waals surface area contributed by atoms with E-state index in [1.165, 1.54) is 0 Å². The first-order chi connectivity index (χ1) is 12.3. The number of nitrogens with zero attached hydrogens (tertiary/aromatic N) is 1. The van der Waals surface area contributed by atoms with Gasteiger partial charge in [-0.1, -0.05) is 0 Å². The van der Waals surface area contributed by atoms with Crippen molar-refractivity contribution in [3.8, 4) is 5.75 Å². The molecule has 1 fully saturated rings. The van der Waals surface area contributed by atoms with E-state index >= 15 is 0 Å². The number of hydrogen-bond donors (Lipinski definition) is 0. The summed E-state index contributed by atoms with van der Waals surface area (Å²) < 4.78 is 15.8. The second kappa shape index (κ2) is 10.8. The number of ether oxygens (including phenoxy) is 3. The highest BCUT2D eigenvalue weighted by atomic mass is 16.6. The highest BCUT2D eigenvalue weighted by molar-refractivity contribution is 5.74. The Kier molecular flexibility index (Phi) is 9.13. The number of piperidine rings is 1. The Labute approximate surface area is 156 Å². The molecule has 0 unspecified atom stereocenters. The number of likely N-dealkylation sites (tertiary alicyclic amines) is 1. The Morgan fingerprint density at radius 3 is 2.15 bits per heavy atom. The lowest BCUT2D eigenvalue weighted by molar-refractivity contribution is 0.0126. The third-order valence-corrected chi connectivity index (χ3v) is 3.70. The molecule has 1 aromatic carbocycles. The summed E-state index contributed by atoms with van der Waals surface area (Å²) >= 11 is 0. The monoisotopic (exact) mass is 365 g/mol. The number of carbonyl (C=O) groups is 2. The molecule has 1 heterocycles. The number of rotatable bonds is 4. The minimum absolute atomic E-state index is 0.0840. The second-order valence-electron chi connectivity index (χ2n) is 7.05. The fourth-order valence-electron chi connectivity index (χ4n) is 2.30. The summed E-state index contributed by atoms with van der Waals surface area (Å²) in [5.41, 5.74) is 0.164. The zero-order valence-corrected chi connectivity index (χ0v) is 16.5. The van der Waals surface area contributed by atoms with Crippen molar-refractivity contribution in [3.63, 3.8) is 0 Å². The summed E-state index contributed by atoms with van der Waals surface area (Å²) in [5, 5.41) is 0. The van der Waals surface area contributed by atoms with Crippen molar-refractivity contribution >= 4 is 12.4 Å². The maximum atomic E-state index is 12.0.